The maximum Gasteiger partial charge on any atom is 0.203 e. The molecule has 0 unspecified atom stereocenters. The number of ether oxygens (including phenoxy) is 1. The maximum atomic E-state index is 13.8. The normalized spacial score (nSPS) is 11.0. The SMILES string of the molecule is COc1ccc(-c2csc(NN=Cc3ccccc3Cl)n2)cc1F. The second-order valence-corrected chi connectivity index (χ2v) is 6.04. The molecule has 0 amide bonds. The summed E-state index contributed by atoms with van der Waals surface area (Å²) in [6.07, 6.45) is 1.62. The topological polar surface area (TPSA) is 46.5 Å². The van der Waals surface area contributed by atoms with E-state index in [9.17, 15) is 4.39 Å². The second kappa shape index (κ2) is 7.42. The Balaban J connectivity index is 1.72. The van der Waals surface area contributed by atoms with Crippen LogP contribution in [0.25, 0.3) is 11.3 Å². The number of nitrogens with one attached hydrogen (secondary N) is 1. The second-order valence-electron chi connectivity index (χ2n) is 4.78. The van der Waals surface area contributed by atoms with Crippen molar-refractivity contribution in [3.63, 3.8) is 0 Å². The summed E-state index contributed by atoms with van der Waals surface area (Å²) in [5, 5.41) is 7.17. The fraction of sp³-hybridized carbons (Fsp3) is 0.0588. The number of hydrogen-bond acceptors (Lipinski definition) is 5. The summed E-state index contributed by atoms with van der Waals surface area (Å²) in [4.78, 5) is 4.38. The number of rotatable bonds is 5. The van der Waals surface area contributed by atoms with Crippen molar-refractivity contribution >= 4 is 34.3 Å². The van der Waals surface area contributed by atoms with Crippen molar-refractivity contribution in [1.82, 2.24) is 4.98 Å². The van der Waals surface area contributed by atoms with Crippen molar-refractivity contribution in [1.29, 1.82) is 0 Å². The van der Waals surface area contributed by atoms with E-state index in [1.54, 1.807) is 24.4 Å². The van der Waals surface area contributed by atoms with Crippen LogP contribution < -0.4 is 10.2 Å². The number of hydrazone groups is 1. The Morgan fingerprint density at radius 2 is 2.12 bits per heavy atom. The first-order valence-corrected chi connectivity index (χ1v) is 8.26. The van der Waals surface area contributed by atoms with E-state index in [-0.39, 0.29) is 5.75 Å². The Kier molecular flexibility index (Phi) is 5.08. The van der Waals surface area contributed by atoms with E-state index in [0.29, 0.717) is 21.4 Å². The smallest absolute Gasteiger partial charge is 0.203 e. The molecule has 0 saturated carbocycles. The molecule has 0 spiro atoms. The van der Waals surface area contributed by atoms with E-state index in [1.807, 2.05) is 23.6 Å². The largest absolute Gasteiger partial charge is 0.494 e. The zero-order valence-electron chi connectivity index (χ0n) is 12.7. The lowest BCUT2D eigenvalue weighted by Crippen LogP contribution is -1.91. The highest BCUT2D eigenvalue weighted by atomic mass is 35.5. The summed E-state index contributed by atoms with van der Waals surface area (Å²) in [6, 6.07) is 12.1. The van der Waals surface area contributed by atoms with Gasteiger partial charge in [0.15, 0.2) is 11.6 Å². The summed E-state index contributed by atoms with van der Waals surface area (Å²) in [6.45, 7) is 0. The van der Waals surface area contributed by atoms with E-state index < -0.39 is 5.82 Å². The van der Waals surface area contributed by atoms with Crippen LogP contribution in [0.3, 0.4) is 0 Å². The standard InChI is InChI=1S/C17H13ClFN3OS/c1-23-16-7-6-11(8-14(16)19)15-10-24-17(21-15)22-20-9-12-4-2-3-5-13(12)18/h2-10H,1H3,(H,21,22). The molecule has 0 aliphatic carbocycles. The Labute approximate surface area is 147 Å². The summed E-state index contributed by atoms with van der Waals surface area (Å²) in [7, 11) is 1.43. The molecule has 24 heavy (non-hydrogen) atoms. The van der Waals surface area contributed by atoms with Crippen molar-refractivity contribution in [2.24, 2.45) is 5.10 Å². The van der Waals surface area contributed by atoms with Crippen LogP contribution in [0.15, 0.2) is 52.9 Å². The number of halogens is 2. The molecule has 1 N–H and O–H groups in total. The average molecular weight is 362 g/mol. The van der Waals surface area contributed by atoms with Crippen molar-refractivity contribution < 1.29 is 9.13 Å². The molecule has 4 nitrogen and oxygen atoms in total. The first-order chi connectivity index (χ1) is 11.7. The summed E-state index contributed by atoms with van der Waals surface area (Å²) in [5.74, 6) is -0.217. The van der Waals surface area contributed by atoms with Crippen molar-refractivity contribution in [3.05, 3.63) is 64.2 Å². The number of hydrogen-bond donors (Lipinski definition) is 1. The number of nitrogens with zero attached hydrogens (tertiary/aromatic N) is 2. The van der Waals surface area contributed by atoms with E-state index in [1.165, 1.54) is 24.5 Å². The first-order valence-electron chi connectivity index (χ1n) is 7.00. The van der Waals surface area contributed by atoms with Crippen LogP contribution in [0.4, 0.5) is 9.52 Å². The van der Waals surface area contributed by atoms with Gasteiger partial charge in [-0.25, -0.2) is 9.37 Å². The third kappa shape index (κ3) is 3.72. The zero-order chi connectivity index (χ0) is 16.9. The van der Waals surface area contributed by atoms with Crippen LogP contribution in [0.1, 0.15) is 5.56 Å². The highest BCUT2D eigenvalue weighted by Gasteiger charge is 2.08. The van der Waals surface area contributed by atoms with Gasteiger partial charge in [-0.3, -0.25) is 5.43 Å². The molecule has 0 bridgehead atoms. The Hall–Kier alpha value is -2.44. The molecule has 1 heterocycles. The van der Waals surface area contributed by atoms with Crippen molar-refractivity contribution in [2.45, 2.75) is 0 Å². The Bertz CT molecular complexity index is 882. The molecule has 0 atom stereocenters. The van der Waals surface area contributed by atoms with Gasteiger partial charge in [0, 0.05) is 21.5 Å². The van der Waals surface area contributed by atoms with Crippen LogP contribution >= 0.6 is 22.9 Å². The van der Waals surface area contributed by atoms with E-state index >= 15 is 0 Å². The van der Waals surface area contributed by atoms with Gasteiger partial charge in [0.1, 0.15) is 0 Å². The number of thiazole rings is 1. The quantitative estimate of drug-likeness (QED) is 0.510. The van der Waals surface area contributed by atoms with Gasteiger partial charge in [-0.05, 0) is 24.3 Å². The fourth-order valence-electron chi connectivity index (χ4n) is 2.02. The van der Waals surface area contributed by atoms with E-state index in [2.05, 4.69) is 15.5 Å². The van der Waals surface area contributed by atoms with Gasteiger partial charge in [-0.2, -0.15) is 5.10 Å². The lowest BCUT2D eigenvalue weighted by atomic mass is 10.1. The van der Waals surface area contributed by atoms with Crippen LogP contribution in [0, 0.1) is 5.82 Å². The van der Waals surface area contributed by atoms with Gasteiger partial charge in [-0.15, -0.1) is 11.3 Å². The van der Waals surface area contributed by atoms with Crippen LogP contribution in [-0.2, 0) is 0 Å². The van der Waals surface area contributed by atoms with Gasteiger partial charge in [-0.1, -0.05) is 29.8 Å². The molecule has 3 rings (SSSR count). The molecule has 0 aliphatic heterocycles. The van der Waals surface area contributed by atoms with Crippen molar-refractivity contribution in [2.75, 3.05) is 12.5 Å². The minimum atomic E-state index is -0.422. The van der Waals surface area contributed by atoms with Crippen LogP contribution in [-0.4, -0.2) is 18.3 Å². The molecule has 0 saturated heterocycles. The average Bonchev–Trinajstić information content (AvgIpc) is 3.05. The lowest BCUT2D eigenvalue weighted by Gasteiger charge is -2.02. The molecule has 7 heteroatoms. The third-order valence-corrected chi connectivity index (χ3v) is 4.31. The number of anilines is 1. The highest BCUT2D eigenvalue weighted by molar-refractivity contribution is 7.14. The van der Waals surface area contributed by atoms with E-state index in [4.69, 9.17) is 16.3 Å². The summed E-state index contributed by atoms with van der Waals surface area (Å²) >= 11 is 7.43. The maximum absolute atomic E-state index is 13.8. The lowest BCUT2D eigenvalue weighted by molar-refractivity contribution is 0.386. The van der Waals surface area contributed by atoms with Crippen molar-refractivity contribution in [3.8, 4) is 17.0 Å². The molecule has 1 aromatic heterocycles. The Morgan fingerprint density at radius 3 is 2.88 bits per heavy atom. The number of aromatic nitrogens is 1. The van der Waals surface area contributed by atoms with Gasteiger partial charge in [0.25, 0.3) is 0 Å². The Morgan fingerprint density at radius 1 is 1.29 bits per heavy atom. The monoisotopic (exact) mass is 361 g/mol. The summed E-state index contributed by atoms with van der Waals surface area (Å²) in [5.41, 5.74) is 4.99. The van der Waals surface area contributed by atoms with E-state index in [0.717, 1.165) is 5.56 Å². The van der Waals surface area contributed by atoms with Gasteiger partial charge in [0.05, 0.1) is 19.0 Å². The number of benzene rings is 2. The van der Waals surface area contributed by atoms with Gasteiger partial charge < -0.3 is 4.74 Å². The molecule has 122 valence electrons. The predicted octanol–water partition coefficient (Wildman–Crippen LogP) is 5.06. The zero-order valence-corrected chi connectivity index (χ0v) is 14.2. The molecule has 3 aromatic rings. The molecule has 0 aliphatic rings. The minimum Gasteiger partial charge on any atom is -0.494 e. The fourth-order valence-corrected chi connectivity index (χ4v) is 2.87. The first kappa shape index (κ1) is 16.4. The predicted molar refractivity (Wildman–Crippen MR) is 96.7 cm³/mol. The molecule has 0 fully saturated rings. The van der Waals surface area contributed by atoms with Crippen LogP contribution in [0.5, 0.6) is 5.75 Å². The minimum absolute atomic E-state index is 0.205. The highest BCUT2D eigenvalue weighted by Crippen LogP contribution is 2.28. The molecular weight excluding hydrogens is 349 g/mol. The van der Waals surface area contributed by atoms with Gasteiger partial charge >= 0.3 is 0 Å². The summed E-state index contributed by atoms with van der Waals surface area (Å²) < 4.78 is 18.7. The number of methoxy groups -OCH3 is 1. The molecule has 2 aromatic carbocycles. The molecule has 0 radical (unpaired) electrons. The molecular formula is C17H13ClFN3OS. The third-order valence-electron chi connectivity index (χ3n) is 3.22. The van der Waals surface area contributed by atoms with Gasteiger partial charge in [0.2, 0.25) is 5.13 Å². The van der Waals surface area contributed by atoms with Crippen LogP contribution in [0.2, 0.25) is 5.02 Å².